The minimum atomic E-state index is -0.265. The second-order valence-electron chi connectivity index (χ2n) is 3.36. The van der Waals surface area contributed by atoms with Gasteiger partial charge in [-0.15, -0.1) is 0 Å². The number of nitrogens with zero attached hydrogens (tertiary/aromatic N) is 1. The molecule has 3 heteroatoms. The van der Waals surface area contributed by atoms with Gasteiger partial charge in [0.15, 0.2) is 11.6 Å². The number of Topliss-reactive ketones (excluding diaryl/α,β-unsaturated/α-hetero) is 1. The summed E-state index contributed by atoms with van der Waals surface area (Å²) in [4.78, 5) is 23.3. The molecule has 0 aromatic heterocycles. The molecule has 1 aliphatic rings. The summed E-state index contributed by atoms with van der Waals surface area (Å²) < 4.78 is 0. The maximum Gasteiger partial charge on any atom is 0.189 e. The lowest BCUT2D eigenvalue weighted by molar-refractivity contribution is 0.0984. The van der Waals surface area contributed by atoms with Crippen molar-refractivity contribution in [3.63, 3.8) is 0 Å². The maximum absolute atomic E-state index is 11.7. The first-order valence-electron chi connectivity index (χ1n) is 4.45. The Kier molecular flexibility index (Phi) is 1.98. The molecule has 72 valence electrons. The summed E-state index contributed by atoms with van der Waals surface area (Å²) in [5.74, 6) is -0.444. The van der Waals surface area contributed by atoms with Crippen molar-refractivity contribution >= 4 is 11.6 Å². The number of allylic oxidation sites excluding steroid dienone is 2. The smallest absolute Gasteiger partial charge is 0.189 e. The lowest BCUT2D eigenvalue weighted by Gasteiger charge is -2.12. The quantitative estimate of drug-likeness (QED) is 0.638. The van der Waals surface area contributed by atoms with Gasteiger partial charge in [0.1, 0.15) is 0 Å². The van der Waals surface area contributed by atoms with E-state index in [4.69, 9.17) is 5.26 Å². The van der Waals surface area contributed by atoms with Crippen molar-refractivity contribution in [2.75, 3.05) is 0 Å². The third-order valence-electron chi connectivity index (χ3n) is 2.38. The Labute approximate surface area is 86.6 Å². The van der Waals surface area contributed by atoms with Crippen molar-refractivity contribution in [1.82, 2.24) is 0 Å². The molecule has 0 spiro atoms. The van der Waals surface area contributed by atoms with Crippen LogP contribution in [0.15, 0.2) is 29.8 Å². The zero-order chi connectivity index (χ0) is 11.0. The highest BCUT2D eigenvalue weighted by molar-refractivity contribution is 6.25. The van der Waals surface area contributed by atoms with Gasteiger partial charge < -0.3 is 0 Å². The number of benzene rings is 1. The Morgan fingerprint density at radius 1 is 1.27 bits per heavy atom. The number of nitriles is 1. The zero-order valence-electron chi connectivity index (χ0n) is 8.07. The molecular weight excluding hydrogens is 190 g/mol. The van der Waals surface area contributed by atoms with E-state index in [1.165, 1.54) is 6.08 Å². The van der Waals surface area contributed by atoms with Gasteiger partial charge in [0.05, 0.1) is 17.2 Å². The summed E-state index contributed by atoms with van der Waals surface area (Å²) in [6, 6.07) is 6.65. The molecular formula is C12H7NO2. The first kappa shape index (κ1) is 9.35. The maximum atomic E-state index is 11.7. The standard InChI is InChI=1S/C12H7NO2/c1-7-5-10(14)11-8(6-13)3-2-4-9(11)12(7)15/h2-5H,1H3. The average Bonchev–Trinajstić information content (AvgIpc) is 2.25. The van der Waals surface area contributed by atoms with Gasteiger partial charge in [-0.3, -0.25) is 9.59 Å². The predicted octanol–water partition coefficient (Wildman–Crippen LogP) is 1.88. The van der Waals surface area contributed by atoms with Crippen LogP contribution < -0.4 is 0 Å². The van der Waals surface area contributed by atoms with Crippen LogP contribution in [0.25, 0.3) is 0 Å². The van der Waals surface area contributed by atoms with Crippen LogP contribution in [-0.2, 0) is 0 Å². The first-order valence-corrected chi connectivity index (χ1v) is 4.45. The molecule has 0 radical (unpaired) electrons. The Morgan fingerprint density at radius 3 is 2.67 bits per heavy atom. The summed E-state index contributed by atoms with van der Waals surface area (Å²) in [6.45, 7) is 1.60. The van der Waals surface area contributed by atoms with Crippen LogP contribution in [0.1, 0.15) is 33.2 Å². The summed E-state index contributed by atoms with van der Waals surface area (Å²) in [6.07, 6.45) is 1.28. The van der Waals surface area contributed by atoms with Crippen LogP contribution in [0.2, 0.25) is 0 Å². The third-order valence-corrected chi connectivity index (χ3v) is 2.38. The fraction of sp³-hybridized carbons (Fsp3) is 0.0833. The highest BCUT2D eigenvalue weighted by atomic mass is 16.1. The molecule has 0 heterocycles. The van der Waals surface area contributed by atoms with Gasteiger partial charge in [-0.2, -0.15) is 5.26 Å². The van der Waals surface area contributed by atoms with Gasteiger partial charge in [-0.1, -0.05) is 12.1 Å². The van der Waals surface area contributed by atoms with E-state index in [9.17, 15) is 9.59 Å². The molecule has 0 N–H and O–H groups in total. The van der Waals surface area contributed by atoms with Gasteiger partial charge >= 0.3 is 0 Å². The molecule has 0 amide bonds. The second kappa shape index (κ2) is 3.18. The van der Waals surface area contributed by atoms with Crippen molar-refractivity contribution < 1.29 is 9.59 Å². The van der Waals surface area contributed by atoms with Crippen molar-refractivity contribution in [3.05, 3.63) is 46.5 Å². The topological polar surface area (TPSA) is 57.9 Å². The van der Waals surface area contributed by atoms with Crippen LogP contribution in [0.5, 0.6) is 0 Å². The molecule has 0 atom stereocenters. The van der Waals surface area contributed by atoms with Crippen molar-refractivity contribution in [3.8, 4) is 6.07 Å². The fourth-order valence-electron chi connectivity index (χ4n) is 1.65. The van der Waals surface area contributed by atoms with Gasteiger partial charge in [-0.25, -0.2) is 0 Å². The minimum Gasteiger partial charge on any atom is -0.289 e. The fourth-order valence-corrected chi connectivity index (χ4v) is 1.65. The Hall–Kier alpha value is -2.21. The van der Waals surface area contributed by atoms with Crippen molar-refractivity contribution in [1.29, 1.82) is 5.26 Å². The number of hydrogen-bond donors (Lipinski definition) is 0. The lowest BCUT2D eigenvalue weighted by Crippen LogP contribution is -2.16. The number of rotatable bonds is 0. The van der Waals surface area contributed by atoms with E-state index < -0.39 is 0 Å². The van der Waals surface area contributed by atoms with E-state index in [0.29, 0.717) is 11.1 Å². The normalized spacial score (nSPS) is 14.3. The zero-order valence-corrected chi connectivity index (χ0v) is 8.07. The Balaban J connectivity index is 2.78. The van der Waals surface area contributed by atoms with Crippen molar-refractivity contribution in [2.24, 2.45) is 0 Å². The number of carbonyl (C=O) groups excluding carboxylic acids is 2. The van der Waals surface area contributed by atoms with E-state index in [1.807, 2.05) is 6.07 Å². The SMILES string of the molecule is CC1=CC(=O)c2c(C#N)cccc2C1=O. The number of carbonyl (C=O) groups is 2. The van der Waals surface area contributed by atoms with Gasteiger partial charge in [0.25, 0.3) is 0 Å². The van der Waals surface area contributed by atoms with Crippen LogP contribution in [0, 0.1) is 11.3 Å². The average molecular weight is 197 g/mol. The Bertz CT molecular complexity index is 547. The van der Waals surface area contributed by atoms with Crippen molar-refractivity contribution in [2.45, 2.75) is 6.92 Å². The van der Waals surface area contributed by atoms with Crippen LogP contribution in [-0.4, -0.2) is 11.6 Å². The van der Waals surface area contributed by atoms with E-state index in [-0.39, 0.29) is 22.7 Å². The molecule has 0 bridgehead atoms. The molecule has 2 rings (SSSR count). The summed E-state index contributed by atoms with van der Waals surface area (Å²) in [5, 5.41) is 8.83. The largest absolute Gasteiger partial charge is 0.289 e. The third kappa shape index (κ3) is 1.27. The van der Waals surface area contributed by atoms with Crippen LogP contribution in [0.4, 0.5) is 0 Å². The molecule has 0 fully saturated rings. The van der Waals surface area contributed by atoms with Crippen LogP contribution in [0.3, 0.4) is 0 Å². The molecule has 1 aliphatic carbocycles. The number of ketones is 2. The van der Waals surface area contributed by atoms with E-state index >= 15 is 0 Å². The molecule has 3 nitrogen and oxygen atoms in total. The predicted molar refractivity (Wildman–Crippen MR) is 53.6 cm³/mol. The summed E-state index contributed by atoms with van der Waals surface area (Å²) in [5.41, 5.74) is 1.24. The number of hydrogen-bond acceptors (Lipinski definition) is 3. The van der Waals surface area contributed by atoms with E-state index in [2.05, 4.69) is 0 Å². The van der Waals surface area contributed by atoms with Gasteiger partial charge in [0, 0.05) is 11.1 Å². The van der Waals surface area contributed by atoms with Gasteiger partial charge in [0.2, 0.25) is 0 Å². The van der Waals surface area contributed by atoms with Crippen LogP contribution >= 0.6 is 0 Å². The minimum absolute atomic E-state index is 0.179. The monoisotopic (exact) mass is 197 g/mol. The number of fused-ring (bicyclic) bond motifs is 1. The molecule has 0 unspecified atom stereocenters. The first-order chi connectivity index (χ1) is 7.15. The lowest BCUT2D eigenvalue weighted by atomic mass is 9.87. The summed E-state index contributed by atoms with van der Waals surface area (Å²) in [7, 11) is 0. The Morgan fingerprint density at radius 2 is 2.00 bits per heavy atom. The van der Waals surface area contributed by atoms with E-state index in [1.54, 1.807) is 25.1 Å². The van der Waals surface area contributed by atoms with E-state index in [0.717, 1.165) is 0 Å². The summed E-state index contributed by atoms with van der Waals surface area (Å²) >= 11 is 0. The molecule has 0 saturated carbocycles. The highest BCUT2D eigenvalue weighted by Crippen LogP contribution is 2.23. The molecule has 1 aromatic rings. The second-order valence-corrected chi connectivity index (χ2v) is 3.36. The molecule has 0 saturated heterocycles. The van der Waals surface area contributed by atoms with Gasteiger partial charge in [-0.05, 0) is 19.1 Å². The molecule has 1 aromatic carbocycles. The highest BCUT2D eigenvalue weighted by Gasteiger charge is 2.25. The molecule has 15 heavy (non-hydrogen) atoms. The molecule has 0 aliphatic heterocycles.